The number of nitrogens with one attached hydrogen (secondary N) is 1. The van der Waals surface area contributed by atoms with Gasteiger partial charge in [-0.05, 0) is 43.4 Å². The summed E-state index contributed by atoms with van der Waals surface area (Å²) in [5, 5.41) is 8.50. The van der Waals surface area contributed by atoms with Crippen LogP contribution in [0.2, 0.25) is 0 Å². The van der Waals surface area contributed by atoms with Gasteiger partial charge in [-0.3, -0.25) is 9.59 Å². The smallest absolute Gasteiger partial charge is 0.270 e. The maximum atomic E-state index is 12.6. The second-order valence-corrected chi connectivity index (χ2v) is 6.67. The van der Waals surface area contributed by atoms with Gasteiger partial charge in [0.1, 0.15) is 5.69 Å². The molecule has 1 saturated heterocycles. The van der Waals surface area contributed by atoms with Crippen molar-refractivity contribution in [2.45, 2.75) is 19.3 Å². The van der Waals surface area contributed by atoms with Gasteiger partial charge in [-0.1, -0.05) is 6.07 Å². The molecule has 0 saturated carbocycles. The number of nitrogens with zero attached hydrogens (tertiary/aromatic N) is 4. The second-order valence-electron chi connectivity index (χ2n) is 6.67. The van der Waals surface area contributed by atoms with Gasteiger partial charge in [0.2, 0.25) is 5.56 Å². The fourth-order valence-corrected chi connectivity index (χ4v) is 3.16. The lowest BCUT2D eigenvalue weighted by Gasteiger charge is -2.32. The summed E-state index contributed by atoms with van der Waals surface area (Å²) in [6, 6.07) is 8.63. The average Bonchev–Trinajstić information content (AvgIpc) is 2.62. The Morgan fingerprint density at radius 1 is 1.28 bits per heavy atom. The number of hydrogen-bond donors (Lipinski definition) is 1. The fraction of sp³-hybridized carbons (Fsp3) is 0.444. The quantitative estimate of drug-likeness (QED) is 0.907. The number of anilines is 1. The monoisotopic (exact) mass is 341 g/mol. The molecule has 0 aliphatic carbocycles. The Bertz CT molecular complexity index is 785. The predicted molar refractivity (Wildman–Crippen MR) is 95.8 cm³/mol. The maximum Gasteiger partial charge on any atom is 0.270 e. The third-order valence-electron chi connectivity index (χ3n) is 4.47. The summed E-state index contributed by atoms with van der Waals surface area (Å²) in [6.45, 7) is 1.39. The number of carbonyl (C=O) groups is 1. The molecule has 2 aromatic heterocycles. The molecule has 0 bridgehead atoms. The Morgan fingerprint density at radius 3 is 2.80 bits per heavy atom. The summed E-state index contributed by atoms with van der Waals surface area (Å²) < 4.78 is 0. The number of hydrogen-bond acceptors (Lipinski definition) is 5. The topological polar surface area (TPSA) is 82.2 Å². The molecule has 0 radical (unpaired) electrons. The van der Waals surface area contributed by atoms with E-state index in [0.717, 1.165) is 37.3 Å². The van der Waals surface area contributed by atoms with E-state index in [-0.39, 0.29) is 11.5 Å². The van der Waals surface area contributed by atoms with Crippen molar-refractivity contribution in [1.82, 2.24) is 20.1 Å². The minimum absolute atomic E-state index is 0.114. The number of rotatable bonds is 4. The van der Waals surface area contributed by atoms with Gasteiger partial charge in [0.15, 0.2) is 5.82 Å². The molecule has 3 rings (SSSR count). The number of pyridine rings is 1. The number of likely N-dealkylation sites (tertiary alicyclic amines) is 1. The van der Waals surface area contributed by atoms with Gasteiger partial charge < -0.3 is 14.8 Å². The summed E-state index contributed by atoms with van der Waals surface area (Å²) >= 11 is 0. The lowest BCUT2D eigenvalue weighted by molar-refractivity contribution is 0.0666. The van der Waals surface area contributed by atoms with Gasteiger partial charge >= 0.3 is 0 Å². The normalized spacial score (nSPS) is 17.4. The molecule has 3 heterocycles. The first-order chi connectivity index (χ1) is 12.0. The van der Waals surface area contributed by atoms with E-state index in [4.69, 9.17) is 0 Å². The summed E-state index contributed by atoms with van der Waals surface area (Å²) in [4.78, 5) is 30.4. The molecule has 2 aromatic rings. The zero-order chi connectivity index (χ0) is 17.8. The van der Waals surface area contributed by atoms with E-state index in [1.54, 1.807) is 12.1 Å². The van der Waals surface area contributed by atoms with Crippen molar-refractivity contribution in [2.75, 3.05) is 32.1 Å². The highest BCUT2D eigenvalue weighted by molar-refractivity contribution is 5.92. The number of carbonyl (C=O) groups excluding carboxylic acids is 1. The first-order valence-electron chi connectivity index (χ1n) is 8.51. The van der Waals surface area contributed by atoms with Crippen LogP contribution in [0.25, 0.3) is 0 Å². The van der Waals surface area contributed by atoms with Gasteiger partial charge in [-0.25, -0.2) is 0 Å². The van der Waals surface area contributed by atoms with Crippen LogP contribution in [0, 0.1) is 5.92 Å². The number of amides is 1. The van der Waals surface area contributed by atoms with Crippen LogP contribution in [0.5, 0.6) is 0 Å². The Morgan fingerprint density at radius 2 is 2.12 bits per heavy atom. The van der Waals surface area contributed by atoms with E-state index in [1.165, 1.54) is 6.07 Å². The van der Waals surface area contributed by atoms with Crippen LogP contribution in [0.15, 0.2) is 35.1 Å². The zero-order valence-corrected chi connectivity index (χ0v) is 14.6. The number of aromatic amines is 1. The zero-order valence-electron chi connectivity index (χ0n) is 14.6. The highest BCUT2D eigenvalue weighted by atomic mass is 16.2. The molecule has 7 nitrogen and oxygen atoms in total. The molecule has 132 valence electrons. The van der Waals surface area contributed by atoms with Crippen LogP contribution in [0.4, 0.5) is 5.82 Å². The minimum Gasteiger partial charge on any atom is -0.361 e. The first-order valence-corrected chi connectivity index (χ1v) is 8.51. The number of H-pyrrole nitrogens is 1. The molecule has 1 atom stereocenters. The molecule has 1 aliphatic heterocycles. The lowest BCUT2D eigenvalue weighted by atomic mass is 9.93. The van der Waals surface area contributed by atoms with Crippen LogP contribution < -0.4 is 10.5 Å². The molecular weight excluding hydrogens is 318 g/mol. The molecule has 25 heavy (non-hydrogen) atoms. The van der Waals surface area contributed by atoms with Crippen molar-refractivity contribution in [1.29, 1.82) is 0 Å². The van der Waals surface area contributed by atoms with Crippen molar-refractivity contribution in [2.24, 2.45) is 5.92 Å². The van der Waals surface area contributed by atoms with Gasteiger partial charge in [0, 0.05) is 33.3 Å². The molecule has 0 spiro atoms. The molecular formula is C18H23N5O2. The second kappa shape index (κ2) is 7.46. The molecule has 1 fully saturated rings. The van der Waals surface area contributed by atoms with Gasteiger partial charge in [-0.15, -0.1) is 5.10 Å². The highest BCUT2D eigenvalue weighted by Crippen LogP contribution is 2.21. The molecule has 1 N–H and O–H groups in total. The predicted octanol–water partition coefficient (Wildman–Crippen LogP) is 1.33. The number of piperidine rings is 1. The molecule has 7 heteroatoms. The van der Waals surface area contributed by atoms with E-state index in [1.807, 2.05) is 36.0 Å². The minimum atomic E-state index is -0.254. The van der Waals surface area contributed by atoms with Crippen LogP contribution in [-0.2, 0) is 6.42 Å². The van der Waals surface area contributed by atoms with Crippen molar-refractivity contribution in [3.8, 4) is 0 Å². The largest absolute Gasteiger partial charge is 0.361 e. The van der Waals surface area contributed by atoms with Crippen molar-refractivity contribution in [3.63, 3.8) is 0 Å². The van der Waals surface area contributed by atoms with Gasteiger partial charge in [0.25, 0.3) is 5.91 Å². The maximum absolute atomic E-state index is 12.6. The number of aromatic nitrogens is 3. The Hall–Kier alpha value is -2.70. The average molecular weight is 341 g/mol. The van der Waals surface area contributed by atoms with Crippen LogP contribution in [0.3, 0.4) is 0 Å². The van der Waals surface area contributed by atoms with E-state index >= 15 is 0 Å². The third-order valence-corrected chi connectivity index (χ3v) is 4.47. The van der Waals surface area contributed by atoms with Gasteiger partial charge in [0.05, 0.1) is 5.69 Å². The molecule has 1 amide bonds. The SMILES string of the molecule is CN(C)c1ccc(C[C@@H]2CCCN(C(=O)c3cccc(=O)[nH]3)C2)nn1. The van der Waals surface area contributed by atoms with E-state index in [2.05, 4.69) is 15.2 Å². The van der Waals surface area contributed by atoms with E-state index in [0.29, 0.717) is 18.2 Å². The Balaban J connectivity index is 1.64. The van der Waals surface area contributed by atoms with E-state index in [9.17, 15) is 9.59 Å². The fourth-order valence-electron chi connectivity index (χ4n) is 3.16. The summed E-state index contributed by atoms with van der Waals surface area (Å²) in [7, 11) is 3.87. The van der Waals surface area contributed by atoms with Crippen molar-refractivity contribution in [3.05, 3.63) is 52.1 Å². The van der Waals surface area contributed by atoms with Crippen LogP contribution in [0.1, 0.15) is 29.0 Å². The van der Waals surface area contributed by atoms with Crippen LogP contribution in [-0.4, -0.2) is 53.2 Å². The van der Waals surface area contributed by atoms with Crippen molar-refractivity contribution >= 4 is 11.7 Å². The first kappa shape index (κ1) is 17.1. The summed E-state index contributed by atoms with van der Waals surface area (Å²) in [6.07, 6.45) is 2.82. The third kappa shape index (κ3) is 4.23. The lowest BCUT2D eigenvalue weighted by Crippen LogP contribution is -2.41. The Kier molecular flexibility index (Phi) is 5.11. The summed E-state index contributed by atoms with van der Waals surface area (Å²) in [5.74, 6) is 1.07. The highest BCUT2D eigenvalue weighted by Gasteiger charge is 2.25. The van der Waals surface area contributed by atoms with Gasteiger partial charge in [-0.2, -0.15) is 5.10 Å². The van der Waals surface area contributed by atoms with E-state index < -0.39 is 0 Å². The van der Waals surface area contributed by atoms with Crippen molar-refractivity contribution < 1.29 is 4.79 Å². The summed E-state index contributed by atoms with van der Waals surface area (Å²) in [5.41, 5.74) is 1.04. The molecule has 1 aliphatic rings. The standard InChI is InChI=1S/C18H23N5O2/c1-22(2)16-9-8-14(20-21-16)11-13-5-4-10-23(12-13)18(25)15-6-3-7-17(24)19-15/h3,6-9,13H,4-5,10-12H2,1-2H3,(H,19,24)/t13-/m0/s1. The molecule has 0 aromatic carbocycles. The molecule has 0 unspecified atom stereocenters. The Labute approximate surface area is 146 Å². The van der Waals surface area contributed by atoms with Crippen LogP contribution >= 0.6 is 0 Å².